The average Bonchev–Trinajstić information content (AvgIpc) is 3.24. The normalized spacial score (nSPS) is 15.9. The summed E-state index contributed by atoms with van der Waals surface area (Å²) in [6.45, 7) is 3.09. The number of nitrogens with two attached hydrogens (primary N) is 1. The Morgan fingerprint density at radius 2 is 1.97 bits per heavy atom. The fraction of sp³-hybridized carbons (Fsp3) is 0.500. The van der Waals surface area contributed by atoms with Crippen molar-refractivity contribution < 1.29 is 27.5 Å². The third-order valence-corrected chi connectivity index (χ3v) is 6.40. The summed E-state index contributed by atoms with van der Waals surface area (Å²) in [6.07, 6.45) is -1.23. The average molecular weight is 478 g/mol. The second-order valence-electron chi connectivity index (χ2n) is 8.12. The van der Waals surface area contributed by atoms with E-state index in [0.717, 1.165) is 12.0 Å². The number of carbonyl (C=O) groups is 1. The van der Waals surface area contributed by atoms with Crippen LogP contribution < -0.4 is 11.1 Å². The number of anilines is 1. The van der Waals surface area contributed by atoms with Crippen molar-refractivity contribution in [2.75, 3.05) is 5.32 Å². The number of urea groups is 1. The Morgan fingerprint density at radius 1 is 1.32 bits per heavy atom. The predicted octanol–water partition coefficient (Wildman–Crippen LogP) is 5.36. The Morgan fingerprint density at radius 3 is 2.39 bits per heavy atom. The van der Waals surface area contributed by atoms with E-state index in [4.69, 9.17) is 5.73 Å². The molecule has 2 amide bonds. The number of thiophene rings is 1. The lowest BCUT2D eigenvalue weighted by Crippen LogP contribution is -2.24. The van der Waals surface area contributed by atoms with Crippen LogP contribution in [0, 0.1) is 5.82 Å². The summed E-state index contributed by atoms with van der Waals surface area (Å²) in [5, 5.41) is 13.4. The van der Waals surface area contributed by atoms with Crippen molar-refractivity contribution >= 4 is 35.7 Å². The minimum Gasteiger partial charge on any atom is -0.386 e. The summed E-state index contributed by atoms with van der Waals surface area (Å²) in [7, 11) is 0. The predicted molar refractivity (Wildman–Crippen MR) is 113 cm³/mol. The molecule has 0 saturated heterocycles. The molecule has 2 aromatic rings. The van der Waals surface area contributed by atoms with Gasteiger partial charge in [-0.2, -0.15) is 13.2 Å². The Bertz CT molecular complexity index is 996. The molecule has 0 aliphatic heterocycles. The minimum atomic E-state index is -4.51. The van der Waals surface area contributed by atoms with E-state index in [2.05, 4.69) is 22.9 Å². The number of carbonyl (C=O) groups excluding carboxylic acids is 1. The topological polar surface area (TPSA) is 88.2 Å². The van der Waals surface area contributed by atoms with E-state index < -0.39 is 29.3 Å². The molecule has 0 spiro atoms. The summed E-state index contributed by atoms with van der Waals surface area (Å²) in [5.74, 6) is -0.585. The molecule has 2 aliphatic carbocycles. The van der Waals surface area contributed by atoms with Gasteiger partial charge in [0.15, 0.2) is 5.82 Å². The van der Waals surface area contributed by atoms with Gasteiger partial charge in [-0.1, -0.05) is 0 Å². The molecule has 1 fully saturated rings. The molecular weight excluding hydrogens is 454 g/mol. The van der Waals surface area contributed by atoms with Gasteiger partial charge in [-0.15, -0.1) is 24.0 Å². The first kappa shape index (κ1) is 23.8. The summed E-state index contributed by atoms with van der Waals surface area (Å²) < 4.78 is 53.0. The summed E-state index contributed by atoms with van der Waals surface area (Å²) in [6, 6.07) is -0.833. The highest BCUT2D eigenvalue weighted by atomic mass is 32.2. The molecule has 0 bridgehead atoms. The van der Waals surface area contributed by atoms with Crippen molar-refractivity contribution in [3.05, 3.63) is 39.3 Å². The van der Waals surface area contributed by atoms with E-state index in [1.807, 2.05) is 0 Å². The minimum absolute atomic E-state index is 0.122. The van der Waals surface area contributed by atoms with E-state index in [1.165, 1.54) is 11.3 Å². The molecule has 31 heavy (non-hydrogen) atoms. The lowest BCUT2D eigenvalue weighted by atomic mass is 10.00. The van der Waals surface area contributed by atoms with Crippen LogP contribution in [0.5, 0.6) is 0 Å². The van der Waals surface area contributed by atoms with Gasteiger partial charge in [-0.25, -0.2) is 14.2 Å². The van der Waals surface area contributed by atoms with E-state index >= 15 is 0 Å². The van der Waals surface area contributed by atoms with Gasteiger partial charge < -0.3 is 16.2 Å². The largest absolute Gasteiger partial charge is 0.433 e. The highest BCUT2D eigenvalue weighted by Crippen LogP contribution is 2.50. The van der Waals surface area contributed by atoms with Crippen molar-refractivity contribution in [1.29, 1.82) is 0 Å². The van der Waals surface area contributed by atoms with Crippen LogP contribution in [-0.4, -0.2) is 16.1 Å². The van der Waals surface area contributed by atoms with Crippen LogP contribution in [0.4, 0.5) is 28.0 Å². The first-order valence-electron chi connectivity index (χ1n) is 9.68. The lowest BCUT2D eigenvalue weighted by Gasteiger charge is -2.19. The van der Waals surface area contributed by atoms with Gasteiger partial charge in [0.25, 0.3) is 0 Å². The zero-order valence-electron chi connectivity index (χ0n) is 16.9. The molecule has 5 nitrogen and oxygen atoms in total. The van der Waals surface area contributed by atoms with Crippen LogP contribution >= 0.6 is 24.0 Å². The maximum absolute atomic E-state index is 13.2. The fourth-order valence-corrected chi connectivity index (χ4v) is 4.71. The SMILES string of the molecule is CC(C)(O)c1csc(S)c1F.NC(=O)Nc1c2c(nc(C(F)(F)F)c1C1CC1)CCC2. The van der Waals surface area contributed by atoms with E-state index in [9.17, 15) is 27.5 Å². The number of pyridine rings is 1. The highest BCUT2D eigenvalue weighted by Gasteiger charge is 2.43. The number of nitrogens with zero attached hydrogens (tertiary/aromatic N) is 1. The Balaban J connectivity index is 0.000000210. The molecule has 0 atom stereocenters. The smallest absolute Gasteiger partial charge is 0.386 e. The standard InChI is InChI=1S/C13H14F3N3O.C7H9FOS2/c14-13(15,16)11-9(6-4-5-6)10(19-12(17)20)7-2-1-3-8(7)18-11;1-7(2,9)4-3-11-6(10)5(4)8/h6H,1-5H2,(H3,17,18,19,20);3,9-10H,1-2H3. The van der Waals surface area contributed by atoms with Gasteiger partial charge in [0.05, 0.1) is 15.5 Å². The van der Waals surface area contributed by atoms with Gasteiger partial charge in [0.2, 0.25) is 0 Å². The van der Waals surface area contributed by atoms with Crippen molar-refractivity contribution in [3.63, 3.8) is 0 Å². The van der Waals surface area contributed by atoms with Gasteiger partial charge in [0, 0.05) is 22.2 Å². The molecule has 0 unspecified atom stereocenters. The zero-order chi connectivity index (χ0) is 23.1. The number of aromatic nitrogens is 1. The van der Waals surface area contributed by atoms with E-state index in [1.54, 1.807) is 19.2 Å². The third kappa shape index (κ3) is 5.32. The number of hydrogen-bond acceptors (Lipinski definition) is 5. The maximum Gasteiger partial charge on any atom is 0.433 e. The second-order valence-corrected chi connectivity index (χ2v) is 9.75. The van der Waals surface area contributed by atoms with Gasteiger partial charge in [-0.05, 0) is 57.4 Å². The number of fused-ring (bicyclic) bond motifs is 1. The van der Waals surface area contributed by atoms with Crippen LogP contribution in [0.25, 0.3) is 0 Å². The highest BCUT2D eigenvalue weighted by molar-refractivity contribution is 7.82. The van der Waals surface area contributed by atoms with E-state index in [0.29, 0.717) is 41.1 Å². The van der Waals surface area contributed by atoms with E-state index in [-0.39, 0.29) is 17.2 Å². The van der Waals surface area contributed by atoms with Gasteiger partial charge in [0.1, 0.15) is 5.69 Å². The molecule has 1 saturated carbocycles. The molecular formula is C20H23F4N3O2S2. The van der Waals surface area contributed by atoms with Gasteiger partial charge >= 0.3 is 12.2 Å². The number of halogens is 4. The molecule has 2 heterocycles. The summed E-state index contributed by atoms with van der Waals surface area (Å²) in [5.41, 5.74) is 5.00. The molecule has 0 aromatic carbocycles. The van der Waals surface area contributed by atoms with Crippen LogP contribution in [0.15, 0.2) is 9.59 Å². The number of alkyl halides is 3. The Kier molecular flexibility index (Phi) is 6.60. The van der Waals surface area contributed by atoms with Crippen molar-refractivity contribution in [2.24, 2.45) is 5.73 Å². The monoisotopic (exact) mass is 477 g/mol. The number of hydrogen-bond donors (Lipinski definition) is 4. The van der Waals surface area contributed by atoms with Crippen LogP contribution in [0.2, 0.25) is 0 Å². The number of aliphatic hydroxyl groups is 1. The quantitative estimate of drug-likeness (QED) is 0.355. The van der Waals surface area contributed by atoms with Crippen molar-refractivity contribution in [1.82, 2.24) is 4.98 Å². The zero-order valence-corrected chi connectivity index (χ0v) is 18.6. The molecule has 11 heteroatoms. The van der Waals surface area contributed by atoms with Crippen LogP contribution in [-0.2, 0) is 24.6 Å². The van der Waals surface area contributed by atoms with Gasteiger partial charge in [-0.3, -0.25) is 0 Å². The second kappa shape index (κ2) is 8.59. The third-order valence-electron chi connectivity index (χ3n) is 5.14. The molecule has 2 aliphatic rings. The summed E-state index contributed by atoms with van der Waals surface area (Å²) in [4.78, 5) is 15.0. The van der Waals surface area contributed by atoms with Crippen LogP contribution in [0.1, 0.15) is 67.1 Å². The fourth-order valence-electron chi connectivity index (χ4n) is 3.59. The Hall–Kier alpha value is -1.85. The van der Waals surface area contributed by atoms with Crippen LogP contribution in [0.3, 0.4) is 0 Å². The van der Waals surface area contributed by atoms with Crippen molar-refractivity contribution in [3.8, 4) is 0 Å². The number of aryl methyl sites for hydroxylation is 1. The molecule has 170 valence electrons. The molecule has 4 rings (SSSR count). The number of primary amides is 1. The molecule has 4 N–H and O–H groups in total. The first-order chi connectivity index (χ1) is 14.3. The molecule has 0 radical (unpaired) electrons. The van der Waals surface area contributed by atoms with Crippen molar-refractivity contribution in [2.45, 2.75) is 67.9 Å². The maximum atomic E-state index is 13.2. The number of rotatable bonds is 3. The lowest BCUT2D eigenvalue weighted by molar-refractivity contribution is -0.141. The summed E-state index contributed by atoms with van der Waals surface area (Å²) >= 11 is 5.07. The number of amides is 2. The number of nitrogens with one attached hydrogen (secondary N) is 1. The first-order valence-corrected chi connectivity index (χ1v) is 11.0. The Labute approximate surface area is 186 Å². The molecule has 2 aromatic heterocycles. The number of thiol groups is 1.